The average molecular weight is 287 g/mol. The minimum Gasteiger partial charge on any atom is -0.480 e. The maximum atomic E-state index is 11.9. The Hall–Kier alpha value is -2.18. The summed E-state index contributed by atoms with van der Waals surface area (Å²) >= 11 is 0. The molecule has 7 heteroatoms. The van der Waals surface area contributed by atoms with Crippen molar-refractivity contribution in [3.8, 4) is 5.75 Å². The molecule has 1 atom stereocenters. The minimum atomic E-state index is -2.87. The highest BCUT2D eigenvalue weighted by atomic mass is 19.3. The Bertz CT molecular complexity index is 462. The lowest BCUT2D eigenvalue weighted by Crippen LogP contribution is -2.38. The van der Waals surface area contributed by atoms with Crippen molar-refractivity contribution in [1.29, 1.82) is 0 Å². The molecule has 0 radical (unpaired) electrons. The van der Waals surface area contributed by atoms with Crippen LogP contribution in [0.25, 0.3) is 0 Å². The van der Waals surface area contributed by atoms with Gasteiger partial charge in [-0.25, -0.2) is 0 Å². The smallest absolute Gasteiger partial charge is 0.387 e. The van der Waals surface area contributed by atoms with Crippen molar-refractivity contribution in [2.24, 2.45) is 0 Å². The van der Waals surface area contributed by atoms with Crippen LogP contribution in [0.3, 0.4) is 0 Å². The van der Waals surface area contributed by atoms with Crippen molar-refractivity contribution in [2.75, 3.05) is 0 Å². The van der Waals surface area contributed by atoms with E-state index in [0.717, 1.165) is 5.56 Å². The first kappa shape index (κ1) is 15.9. The molecule has 20 heavy (non-hydrogen) atoms. The molecule has 1 aromatic carbocycles. The summed E-state index contributed by atoms with van der Waals surface area (Å²) in [7, 11) is 0. The second-order valence-electron chi connectivity index (χ2n) is 4.15. The Morgan fingerprint density at radius 3 is 2.40 bits per heavy atom. The van der Waals surface area contributed by atoms with Gasteiger partial charge < -0.3 is 15.2 Å². The van der Waals surface area contributed by atoms with E-state index in [1.807, 2.05) is 0 Å². The fraction of sp³-hybridized carbons (Fsp3) is 0.385. The maximum Gasteiger partial charge on any atom is 0.387 e. The molecule has 0 aliphatic carbocycles. The van der Waals surface area contributed by atoms with Crippen LogP contribution in [0.15, 0.2) is 24.3 Å². The third kappa shape index (κ3) is 5.64. The highest BCUT2D eigenvalue weighted by Crippen LogP contribution is 2.15. The molecule has 1 amide bonds. The van der Waals surface area contributed by atoms with Crippen LogP contribution in [0.5, 0.6) is 5.75 Å². The molecule has 0 spiro atoms. The molecule has 0 fully saturated rings. The van der Waals surface area contributed by atoms with E-state index in [2.05, 4.69) is 10.1 Å². The summed E-state index contributed by atoms with van der Waals surface area (Å²) in [5.74, 6) is -1.44. The van der Waals surface area contributed by atoms with Crippen molar-refractivity contribution < 1.29 is 28.2 Å². The van der Waals surface area contributed by atoms with E-state index in [1.54, 1.807) is 12.1 Å². The average Bonchev–Trinajstić information content (AvgIpc) is 2.37. The van der Waals surface area contributed by atoms with Crippen molar-refractivity contribution in [3.63, 3.8) is 0 Å². The lowest BCUT2D eigenvalue weighted by Gasteiger charge is -2.09. The highest BCUT2D eigenvalue weighted by molar-refractivity contribution is 5.83. The van der Waals surface area contributed by atoms with Gasteiger partial charge in [0.05, 0.1) is 0 Å². The van der Waals surface area contributed by atoms with Gasteiger partial charge >= 0.3 is 12.6 Å². The van der Waals surface area contributed by atoms with Crippen LogP contribution in [-0.4, -0.2) is 29.6 Å². The number of nitrogens with one attached hydrogen (secondary N) is 1. The summed E-state index contributed by atoms with van der Waals surface area (Å²) in [5.41, 5.74) is 0.768. The molecule has 0 heterocycles. The summed E-state index contributed by atoms with van der Waals surface area (Å²) in [4.78, 5) is 22.0. The quantitative estimate of drug-likeness (QED) is 0.802. The third-order valence-electron chi connectivity index (χ3n) is 2.54. The Labute approximate surface area is 114 Å². The number of carbonyl (C=O) groups excluding carboxylic acids is 1. The number of carboxylic acid groups (broad SMARTS) is 1. The van der Waals surface area contributed by atoms with Crippen LogP contribution in [0.4, 0.5) is 8.78 Å². The molecule has 0 saturated heterocycles. The van der Waals surface area contributed by atoms with Crippen molar-refractivity contribution >= 4 is 11.9 Å². The van der Waals surface area contributed by atoms with E-state index in [0.29, 0.717) is 6.42 Å². The third-order valence-corrected chi connectivity index (χ3v) is 2.54. The van der Waals surface area contributed by atoms with Gasteiger partial charge in [-0.05, 0) is 31.0 Å². The fourth-order valence-corrected chi connectivity index (χ4v) is 1.47. The second-order valence-corrected chi connectivity index (χ2v) is 4.15. The van der Waals surface area contributed by atoms with Crippen LogP contribution >= 0.6 is 0 Å². The zero-order chi connectivity index (χ0) is 15.1. The van der Waals surface area contributed by atoms with Gasteiger partial charge in [-0.2, -0.15) is 8.78 Å². The van der Waals surface area contributed by atoms with E-state index >= 15 is 0 Å². The molecule has 110 valence electrons. The molecule has 0 saturated carbocycles. The predicted molar refractivity (Wildman–Crippen MR) is 66.6 cm³/mol. The molecule has 0 bridgehead atoms. The van der Waals surface area contributed by atoms with Gasteiger partial charge in [-0.15, -0.1) is 0 Å². The number of rotatable bonds is 7. The van der Waals surface area contributed by atoms with E-state index in [4.69, 9.17) is 5.11 Å². The Morgan fingerprint density at radius 2 is 1.90 bits per heavy atom. The lowest BCUT2D eigenvalue weighted by atomic mass is 10.1. The highest BCUT2D eigenvalue weighted by Gasteiger charge is 2.13. The van der Waals surface area contributed by atoms with Crippen LogP contribution in [0, 0.1) is 0 Å². The molecule has 2 N–H and O–H groups in total. The van der Waals surface area contributed by atoms with Gasteiger partial charge in [0, 0.05) is 6.42 Å². The van der Waals surface area contributed by atoms with Crippen molar-refractivity contribution in [2.45, 2.75) is 32.4 Å². The van der Waals surface area contributed by atoms with E-state index < -0.39 is 18.6 Å². The van der Waals surface area contributed by atoms with Crippen LogP contribution < -0.4 is 10.1 Å². The Morgan fingerprint density at radius 1 is 1.30 bits per heavy atom. The van der Waals surface area contributed by atoms with Gasteiger partial charge in [0.1, 0.15) is 11.8 Å². The fourth-order valence-electron chi connectivity index (χ4n) is 1.47. The summed E-state index contributed by atoms with van der Waals surface area (Å²) in [6.45, 7) is -1.50. The molecule has 0 aliphatic heterocycles. The molecule has 0 aromatic heterocycles. The molecule has 5 nitrogen and oxygen atoms in total. The van der Waals surface area contributed by atoms with Gasteiger partial charge in [-0.1, -0.05) is 12.1 Å². The van der Waals surface area contributed by atoms with Crippen LogP contribution in [0.2, 0.25) is 0 Å². The number of hydrogen-bond donors (Lipinski definition) is 2. The number of ether oxygens (including phenoxy) is 1. The number of alkyl halides is 2. The first-order valence-electron chi connectivity index (χ1n) is 5.94. The van der Waals surface area contributed by atoms with Crippen LogP contribution in [0.1, 0.15) is 18.9 Å². The number of aliphatic carboxylic acids is 1. The summed E-state index contributed by atoms with van der Waals surface area (Å²) in [6.07, 6.45) is 0.500. The summed E-state index contributed by atoms with van der Waals surface area (Å²) in [5, 5.41) is 11.0. The first-order valence-corrected chi connectivity index (χ1v) is 5.94. The molecular formula is C13H15F2NO4. The van der Waals surface area contributed by atoms with Crippen molar-refractivity contribution in [3.05, 3.63) is 29.8 Å². The summed E-state index contributed by atoms with van der Waals surface area (Å²) < 4.78 is 28.1. The number of carboxylic acids is 1. The second kappa shape index (κ2) is 7.42. The predicted octanol–water partition coefficient (Wildman–Crippen LogP) is 1.81. The van der Waals surface area contributed by atoms with Gasteiger partial charge in [0.25, 0.3) is 0 Å². The molecule has 1 rings (SSSR count). The maximum absolute atomic E-state index is 11.9. The zero-order valence-electron chi connectivity index (χ0n) is 10.8. The molecule has 1 aromatic rings. The Balaban J connectivity index is 2.42. The molecular weight excluding hydrogens is 272 g/mol. The largest absolute Gasteiger partial charge is 0.480 e. The molecule has 1 unspecified atom stereocenters. The molecule has 0 aliphatic rings. The number of halogens is 2. The SMILES string of the molecule is CC(NC(=O)CCc1ccc(OC(F)F)cc1)C(=O)O. The van der Waals surface area contributed by atoms with Gasteiger partial charge in [-0.3, -0.25) is 9.59 Å². The number of amides is 1. The monoisotopic (exact) mass is 287 g/mol. The van der Waals surface area contributed by atoms with E-state index in [1.165, 1.54) is 19.1 Å². The zero-order valence-corrected chi connectivity index (χ0v) is 10.8. The number of benzene rings is 1. The van der Waals surface area contributed by atoms with Crippen molar-refractivity contribution in [1.82, 2.24) is 5.32 Å². The standard InChI is InChI=1S/C13H15F2NO4/c1-8(12(18)19)16-11(17)7-4-9-2-5-10(6-3-9)20-13(14)15/h2-3,5-6,8,13H,4,7H2,1H3,(H,16,17)(H,18,19). The van der Waals surface area contributed by atoms with Gasteiger partial charge in [0.2, 0.25) is 5.91 Å². The number of hydrogen-bond acceptors (Lipinski definition) is 3. The number of carbonyl (C=O) groups is 2. The normalized spacial score (nSPS) is 12.0. The first-order chi connectivity index (χ1) is 9.38. The topological polar surface area (TPSA) is 75.6 Å². The van der Waals surface area contributed by atoms with E-state index in [9.17, 15) is 18.4 Å². The Kier molecular flexibility index (Phi) is 5.89. The van der Waals surface area contributed by atoms with E-state index in [-0.39, 0.29) is 18.1 Å². The minimum absolute atomic E-state index is 0.0488. The summed E-state index contributed by atoms with van der Waals surface area (Å²) in [6, 6.07) is 4.99. The van der Waals surface area contributed by atoms with Gasteiger partial charge in [0.15, 0.2) is 0 Å². The number of aryl methyl sites for hydroxylation is 1. The lowest BCUT2D eigenvalue weighted by molar-refractivity contribution is -0.141. The van der Waals surface area contributed by atoms with Crippen LogP contribution in [-0.2, 0) is 16.0 Å².